The molecular formula is C14H19FO. The van der Waals surface area contributed by atoms with Gasteiger partial charge in [0.1, 0.15) is 5.82 Å². The number of benzene rings is 1. The molecule has 1 aliphatic heterocycles. The summed E-state index contributed by atoms with van der Waals surface area (Å²) in [6.45, 7) is 9.28. The molecule has 1 aromatic rings. The summed E-state index contributed by atoms with van der Waals surface area (Å²) in [4.78, 5) is 0. The number of halogens is 1. The van der Waals surface area contributed by atoms with Crippen LogP contribution in [0, 0.1) is 12.7 Å². The molecule has 0 aliphatic carbocycles. The second-order valence-corrected chi connectivity index (χ2v) is 5.76. The summed E-state index contributed by atoms with van der Waals surface area (Å²) in [6.07, 6.45) is 0.935. The van der Waals surface area contributed by atoms with Gasteiger partial charge in [0.25, 0.3) is 0 Å². The standard InChI is InChI=1S/C14H19FO/c1-10-5-6-11(15)7-12(10)13(2,3)8-14(4)9-16-14/h5-7H,8-9H2,1-4H3/t14-/m1/s1. The molecule has 2 heteroatoms. The lowest BCUT2D eigenvalue weighted by Gasteiger charge is -2.29. The van der Waals surface area contributed by atoms with Crippen LogP contribution in [-0.2, 0) is 10.2 Å². The first kappa shape index (κ1) is 11.6. The van der Waals surface area contributed by atoms with Crippen molar-refractivity contribution in [2.45, 2.75) is 45.1 Å². The van der Waals surface area contributed by atoms with E-state index in [0.29, 0.717) is 0 Å². The maximum atomic E-state index is 13.3. The summed E-state index contributed by atoms with van der Waals surface area (Å²) in [7, 11) is 0. The first-order valence-electron chi connectivity index (χ1n) is 5.73. The van der Waals surface area contributed by atoms with E-state index in [2.05, 4.69) is 20.8 Å². The van der Waals surface area contributed by atoms with Crippen molar-refractivity contribution >= 4 is 0 Å². The Morgan fingerprint density at radius 2 is 2.06 bits per heavy atom. The first-order chi connectivity index (χ1) is 7.32. The molecule has 1 heterocycles. The van der Waals surface area contributed by atoms with Gasteiger partial charge in [0.15, 0.2) is 0 Å². The third-order valence-electron chi connectivity index (χ3n) is 3.38. The lowest BCUT2D eigenvalue weighted by atomic mass is 9.76. The molecule has 1 atom stereocenters. The van der Waals surface area contributed by atoms with Crippen LogP contribution in [0.5, 0.6) is 0 Å². The Labute approximate surface area is 96.6 Å². The Balaban J connectivity index is 2.30. The topological polar surface area (TPSA) is 12.5 Å². The molecular weight excluding hydrogens is 203 g/mol. The Bertz CT molecular complexity index is 405. The molecule has 0 spiro atoms. The molecule has 0 N–H and O–H groups in total. The van der Waals surface area contributed by atoms with Gasteiger partial charge in [-0.05, 0) is 48.9 Å². The molecule has 1 aliphatic rings. The molecule has 0 bridgehead atoms. The van der Waals surface area contributed by atoms with Crippen LogP contribution in [-0.4, -0.2) is 12.2 Å². The second kappa shape index (κ2) is 3.56. The van der Waals surface area contributed by atoms with Gasteiger partial charge >= 0.3 is 0 Å². The van der Waals surface area contributed by atoms with Gasteiger partial charge in [-0.3, -0.25) is 0 Å². The number of epoxide rings is 1. The Hall–Kier alpha value is -0.890. The van der Waals surface area contributed by atoms with Crippen LogP contribution in [0.3, 0.4) is 0 Å². The summed E-state index contributed by atoms with van der Waals surface area (Å²) >= 11 is 0. The van der Waals surface area contributed by atoms with Crippen LogP contribution in [0.15, 0.2) is 18.2 Å². The van der Waals surface area contributed by atoms with Gasteiger partial charge in [-0.25, -0.2) is 4.39 Å². The molecule has 1 aromatic carbocycles. The summed E-state index contributed by atoms with van der Waals surface area (Å²) in [6, 6.07) is 5.02. The molecule has 16 heavy (non-hydrogen) atoms. The van der Waals surface area contributed by atoms with E-state index in [1.54, 1.807) is 6.07 Å². The highest BCUT2D eigenvalue weighted by molar-refractivity contribution is 5.33. The summed E-state index contributed by atoms with van der Waals surface area (Å²) in [5, 5.41) is 0. The van der Waals surface area contributed by atoms with Crippen molar-refractivity contribution in [1.82, 2.24) is 0 Å². The third kappa shape index (κ3) is 2.27. The number of hydrogen-bond donors (Lipinski definition) is 0. The number of rotatable bonds is 3. The van der Waals surface area contributed by atoms with E-state index in [4.69, 9.17) is 4.74 Å². The first-order valence-corrected chi connectivity index (χ1v) is 5.73. The quantitative estimate of drug-likeness (QED) is 0.712. The van der Waals surface area contributed by atoms with E-state index in [9.17, 15) is 4.39 Å². The summed E-state index contributed by atoms with van der Waals surface area (Å²) < 4.78 is 18.7. The van der Waals surface area contributed by atoms with Gasteiger partial charge in [-0.15, -0.1) is 0 Å². The van der Waals surface area contributed by atoms with Crippen molar-refractivity contribution in [2.24, 2.45) is 0 Å². The third-order valence-corrected chi connectivity index (χ3v) is 3.38. The fourth-order valence-corrected chi connectivity index (χ4v) is 2.58. The van der Waals surface area contributed by atoms with Crippen LogP contribution in [0.25, 0.3) is 0 Å². The Morgan fingerprint density at radius 1 is 1.44 bits per heavy atom. The second-order valence-electron chi connectivity index (χ2n) is 5.76. The zero-order valence-corrected chi connectivity index (χ0v) is 10.4. The lowest BCUT2D eigenvalue weighted by molar-refractivity contribution is 0.263. The molecule has 0 saturated carbocycles. The fourth-order valence-electron chi connectivity index (χ4n) is 2.58. The van der Waals surface area contributed by atoms with E-state index >= 15 is 0 Å². The van der Waals surface area contributed by atoms with Crippen molar-refractivity contribution in [3.63, 3.8) is 0 Å². The summed E-state index contributed by atoms with van der Waals surface area (Å²) in [5.41, 5.74) is 2.19. The average Bonchev–Trinajstić information content (AvgIpc) is 2.86. The molecule has 1 fully saturated rings. The Kier molecular flexibility index (Phi) is 2.58. The van der Waals surface area contributed by atoms with Gasteiger partial charge in [0.05, 0.1) is 12.2 Å². The predicted molar refractivity (Wildman–Crippen MR) is 63.1 cm³/mol. The van der Waals surface area contributed by atoms with Crippen molar-refractivity contribution in [1.29, 1.82) is 0 Å². The summed E-state index contributed by atoms with van der Waals surface area (Å²) in [5.74, 6) is -0.157. The van der Waals surface area contributed by atoms with Gasteiger partial charge in [-0.1, -0.05) is 19.9 Å². The average molecular weight is 222 g/mol. The molecule has 2 rings (SSSR count). The number of ether oxygens (including phenoxy) is 1. The monoisotopic (exact) mass is 222 g/mol. The fraction of sp³-hybridized carbons (Fsp3) is 0.571. The van der Waals surface area contributed by atoms with Crippen LogP contribution in [0.4, 0.5) is 4.39 Å². The minimum atomic E-state index is -0.157. The van der Waals surface area contributed by atoms with E-state index in [1.165, 1.54) is 6.07 Å². The normalized spacial score (nSPS) is 24.6. The van der Waals surface area contributed by atoms with Crippen LogP contribution < -0.4 is 0 Å². The molecule has 0 amide bonds. The van der Waals surface area contributed by atoms with Gasteiger partial charge in [0.2, 0.25) is 0 Å². The van der Waals surface area contributed by atoms with Crippen molar-refractivity contribution in [3.8, 4) is 0 Å². The van der Waals surface area contributed by atoms with E-state index < -0.39 is 0 Å². The largest absolute Gasteiger partial charge is 0.370 e. The van der Waals surface area contributed by atoms with Crippen molar-refractivity contribution in [2.75, 3.05) is 6.61 Å². The van der Waals surface area contributed by atoms with Crippen LogP contribution in [0.1, 0.15) is 38.3 Å². The van der Waals surface area contributed by atoms with Gasteiger partial charge in [-0.2, -0.15) is 0 Å². The number of hydrogen-bond acceptors (Lipinski definition) is 1. The smallest absolute Gasteiger partial charge is 0.123 e. The highest BCUT2D eigenvalue weighted by atomic mass is 19.1. The molecule has 0 radical (unpaired) electrons. The zero-order chi connectivity index (χ0) is 12.0. The van der Waals surface area contributed by atoms with E-state index in [0.717, 1.165) is 24.2 Å². The highest BCUT2D eigenvalue weighted by Crippen LogP contribution is 2.41. The van der Waals surface area contributed by atoms with Crippen molar-refractivity contribution in [3.05, 3.63) is 35.1 Å². The molecule has 1 saturated heterocycles. The maximum absolute atomic E-state index is 13.3. The molecule has 88 valence electrons. The zero-order valence-electron chi connectivity index (χ0n) is 10.4. The molecule has 1 nitrogen and oxygen atoms in total. The lowest BCUT2D eigenvalue weighted by Crippen LogP contribution is -2.26. The van der Waals surface area contributed by atoms with Crippen LogP contribution >= 0.6 is 0 Å². The highest BCUT2D eigenvalue weighted by Gasteiger charge is 2.44. The van der Waals surface area contributed by atoms with Crippen molar-refractivity contribution < 1.29 is 9.13 Å². The minimum Gasteiger partial charge on any atom is -0.370 e. The minimum absolute atomic E-state index is 0.00224. The number of aryl methyl sites for hydroxylation is 1. The van der Waals surface area contributed by atoms with Gasteiger partial charge < -0.3 is 4.74 Å². The molecule has 0 aromatic heterocycles. The predicted octanol–water partition coefficient (Wildman–Crippen LogP) is 3.59. The van der Waals surface area contributed by atoms with E-state index in [-0.39, 0.29) is 16.8 Å². The van der Waals surface area contributed by atoms with Gasteiger partial charge in [0, 0.05) is 0 Å². The van der Waals surface area contributed by atoms with Crippen LogP contribution in [0.2, 0.25) is 0 Å². The molecule has 0 unspecified atom stereocenters. The maximum Gasteiger partial charge on any atom is 0.123 e. The van der Waals surface area contributed by atoms with E-state index in [1.807, 2.05) is 13.0 Å². The SMILES string of the molecule is Cc1ccc(F)cc1C(C)(C)C[C@]1(C)CO1. The Morgan fingerprint density at radius 3 is 2.62 bits per heavy atom.